The third kappa shape index (κ3) is 4.87. The third-order valence-electron chi connectivity index (χ3n) is 4.27. The van der Waals surface area contributed by atoms with E-state index in [9.17, 15) is 4.79 Å². The van der Waals surface area contributed by atoms with E-state index in [0.717, 1.165) is 11.1 Å². The van der Waals surface area contributed by atoms with Crippen LogP contribution in [0.1, 0.15) is 11.1 Å². The zero-order valence-electron chi connectivity index (χ0n) is 15.6. The predicted octanol–water partition coefficient (Wildman–Crippen LogP) is 6.46. The molecule has 1 N–H and O–H groups in total. The molecule has 0 unspecified atom stereocenters. The molecule has 1 fully saturated rings. The lowest BCUT2D eigenvalue weighted by Crippen LogP contribution is -2.19. The Morgan fingerprint density at radius 3 is 2.43 bits per heavy atom. The van der Waals surface area contributed by atoms with Gasteiger partial charge < -0.3 is 10.1 Å². The molecular formula is C23H16Cl2N2O2S. The number of amides is 1. The van der Waals surface area contributed by atoms with Crippen LogP contribution in [0.25, 0.3) is 6.08 Å². The molecule has 1 heterocycles. The second-order valence-electron chi connectivity index (χ2n) is 6.35. The lowest BCUT2D eigenvalue weighted by atomic mass is 10.2. The molecule has 150 valence electrons. The van der Waals surface area contributed by atoms with Gasteiger partial charge in [-0.3, -0.25) is 4.79 Å². The number of para-hydroxylation sites is 2. The zero-order valence-corrected chi connectivity index (χ0v) is 18.0. The van der Waals surface area contributed by atoms with Crippen molar-refractivity contribution in [3.63, 3.8) is 0 Å². The van der Waals surface area contributed by atoms with Gasteiger partial charge in [-0.1, -0.05) is 71.7 Å². The number of nitrogens with zero attached hydrogens (tertiary/aromatic N) is 1. The van der Waals surface area contributed by atoms with Gasteiger partial charge in [-0.25, -0.2) is 4.99 Å². The highest BCUT2D eigenvalue weighted by molar-refractivity contribution is 8.18. The number of ether oxygens (including phenoxy) is 1. The normalized spacial score (nSPS) is 16.1. The molecule has 0 aliphatic carbocycles. The van der Waals surface area contributed by atoms with Crippen LogP contribution in [-0.2, 0) is 11.4 Å². The highest BCUT2D eigenvalue weighted by atomic mass is 35.5. The van der Waals surface area contributed by atoms with Crippen molar-refractivity contribution in [1.29, 1.82) is 0 Å². The first-order valence-electron chi connectivity index (χ1n) is 9.09. The number of halogens is 2. The topological polar surface area (TPSA) is 50.7 Å². The van der Waals surface area contributed by atoms with Gasteiger partial charge in [0.05, 0.1) is 15.6 Å². The summed E-state index contributed by atoms with van der Waals surface area (Å²) in [5.74, 6) is 0.446. The van der Waals surface area contributed by atoms with Crippen molar-refractivity contribution >= 4 is 57.8 Å². The Morgan fingerprint density at radius 1 is 0.933 bits per heavy atom. The van der Waals surface area contributed by atoms with Gasteiger partial charge in [-0.05, 0) is 42.1 Å². The highest BCUT2D eigenvalue weighted by Crippen LogP contribution is 2.32. The van der Waals surface area contributed by atoms with Gasteiger partial charge in [-0.15, -0.1) is 0 Å². The van der Waals surface area contributed by atoms with Crippen LogP contribution in [0, 0.1) is 0 Å². The summed E-state index contributed by atoms with van der Waals surface area (Å²) in [6.07, 6.45) is 1.79. The Bertz CT molecular complexity index is 1160. The molecule has 4 rings (SSSR count). The molecule has 0 atom stereocenters. The number of carbonyl (C=O) groups excluding carboxylic acids is 1. The molecule has 0 saturated carbocycles. The average Bonchev–Trinajstić information content (AvgIpc) is 3.09. The van der Waals surface area contributed by atoms with Gasteiger partial charge >= 0.3 is 0 Å². The number of benzene rings is 3. The molecule has 30 heavy (non-hydrogen) atoms. The van der Waals surface area contributed by atoms with Crippen LogP contribution in [0.15, 0.2) is 82.7 Å². The van der Waals surface area contributed by atoms with E-state index >= 15 is 0 Å². The summed E-state index contributed by atoms with van der Waals surface area (Å²) in [5.41, 5.74) is 2.29. The molecule has 1 aliphatic heterocycles. The van der Waals surface area contributed by atoms with Crippen molar-refractivity contribution in [1.82, 2.24) is 5.32 Å². The maximum atomic E-state index is 12.4. The fourth-order valence-electron chi connectivity index (χ4n) is 2.78. The predicted molar refractivity (Wildman–Crippen MR) is 124 cm³/mol. The lowest BCUT2D eigenvalue weighted by Gasteiger charge is -2.10. The summed E-state index contributed by atoms with van der Waals surface area (Å²) < 4.78 is 5.97. The minimum Gasteiger partial charge on any atom is -0.488 e. The summed E-state index contributed by atoms with van der Waals surface area (Å²) in [6.45, 7) is 0.332. The summed E-state index contributed by atoms with van der Waals surface area (Å²) in [4.78, 5) is 17.4. The number of thioether (sulfide) groups is 1. The molecule has 1 amide bonds. The second-order valence-corrected chi connectivity index (χ2v) is 8.20. The van der Waals surface area contributed by atoms with Gasteiger partial charge in [0.15, 0.2) is 5.17 Å². The summed E-state index contributed by atoms with van der Waals surface area (Å²) in [7, 11) is 0. The summed E-state index contributed by atoms with van der Waals surface area (Å²) >= 11 is 13.6. The van der Waals surface area contributed by atoms with E-state index in [1.54, 1.807) is 18.2 Å². The van der Waals surface area contributed by atoms with Crippen molar-refractivity contribution in [2.45, 2.75) is 6.61 Å². The van der Waals surface area contributed by atoms with Crippen molar-refractivity contribution in [2.75, 3.05) is 0 Å². The van der Waals surface area contributed by atoms with Crippen LogP contribution in [0.4, 0.5) is 5.69 Å². The van der Waals surface area contributed by atoms with E-state index in [0.29, 0.717) is 38.2 Å². The maximum absolute atomic E-state index is 12.4. The third-order valence-corrected chi connectivity index (χ3v) is 5.87. The Morgan fingerprint density at radius 2 is 1.63 bits per heavy atom. The number of aliphatic imine (C=N–C) groups is 1. The van der Waals surface area contributed by atoms with E-state index in [1.807, 2.05) is 60.7 Å². The van der Waals surface area contributed by atoms with Gasteiger partial charge in [0.25, 0.3) is 5.91 Å². The first-order chi connectivity index (χ1) is 14.6. The van der Waals surface area contributed by atoms with Crippen molar-refractivity contribution in [3.8, 4) is 5.75 Å². The fourth-order valence-corrected chi connectivity index (χ4v) is 3.97. The van der Waals surface area contributed by atoms with E-state index in [2.05, 4.69) is 10.3 Å². The molecule has 0 bridgehead atoms. The Kier molecular flexibility index (Phi) is 6.43. The number of hydrogen-bond donors (Lipinski definition) is 1. The number of rotatable bonds is 5. The van der Waals surface area contributed by atoms with Crippen molar-refractivity contribution in [3.05, 3.63) is 98.9 Å². The largest absolute Gasteiger partial charge is 0.488 e. The number of amidine groups is 1. The molecule has 1 saturated heterocycles. The minimum absolute atomic E-state index is 0.216. The first-order valence-corrected chi connectivity index (χ1v) is 10.7. The van der Waals surface area contributed by atoms with Crippen LogP contribution in [-0.4, -0.2) is 11.1 Å². The van der Waals surface area contributed by atoms with E-state index in [4.69, 9.17) is 27.9 Å². The summed E-state index contributed by atoms with van der Waals surface area (Å²) in [6, 6.07) is 22.3. The molecule has 0 radical (unpaired) electrons. The van der Waals surface area contributed by atoms with Gasteiger partial charge in [0.1, 0.15) is 12.4 Å². The molecule has 4 nitrogen and oxygen atoms in total. The van der Waals surface area contributed by atoms with Crippen molar-refractivity contribution in [2.24, 2.45) is 4.99 Å². The van der Waals surface area contributed by atoms with Crippen LogP contribution in [0.2, 0.25) is 10.0 Å². The van der Waals surface area contributed by atoms with Crippen LogP contribution in [0.5, 0.6) is 5.75 Å². The molecule has 7 heteroatoms. The Labute approximate surface area is 188 Å². The van der Waals surface area contributed by atoms with Gasteiger partial charge in [0.2, 0.25) is 0 Å². The standard InChI is InChI=1S/C23H16Cl2N2O2S/c24-17-9-3-1-8-16(17)14-29-20-12-6-2-7-15(20)13-21-22(28)27-23(30-21)26-19-11-5-4-10-18(19)25/h1-13H,14H2,(H,26,27,28)/b21-13+. The lowest BCUT2D eigenvalue weighted by molar-refractivity contribution is -0.115. The molecular weight excluding hydrogens is 439 g/mol. The van der Waals surface area contributed by atoms with Crippen molar-refractivity contribution < 1.29 is 9.53 Å². The van der Waals surface area contributed by atoms with E-state index in [-0.39, 0.29) is 5.91 Å². The SMILES string of the molecule is O=C1NC(=Nc2ccccc2Cl)S/C1=C/c1ccccc1OCc1ccccc1Cl. The molecule has 3 aromatic rings. The smallest absolute Gasteiger partial charge is 0.264 e. The Balaban J connectivity index is 1.54. The highest BCUT2D eigenvalue weighted by Gasteiger charge is 2.24. The van der Waals surface area contributed by atoms with Gasteiger partial charge in [0, 0.05) is 16.1 Å². The molecule has 0 aromatic heterocycles. The number of nitrogens with one attached hydrogen (secondary N) is 1. The molecule has 3 aromatic carbocycles. The minimum atomic E-state index is -0.216. The van der Waals surface area contributed by atoms with Crippen LogP contribution < -0.4 is 10.1 Å². The number of carbonyl (C=O) groups is 1. The van der Waals surface area contributed by atoms with Crippen LogP contribution >= 0.6 is 35.0 Å². The maximum Gasteiger partial charge on any atom is 0.264 e. The quantitative estimate of drug-likeness (QED) is 0.449. The first kappa shape index (κ1) is 20.5. The Hall–Kier alpha value is -2.73. The van der Waals surface area contributed by atoms with E-state index in [1.165, 1.54) is 11.8 Å². The summed E-state index contributed by atoms with van der Waals surface area (Å²) in [5, 5.41) is 4.43. The van der Waals surface area contributed by atoms with Crippen LogP contribution in [0.3, 0.4) is 0 Å². The number of hydrogen-bond acceptors (Lipinski definition) is 4. The monoisotopic (exact) mass is 454 g/mol. The average molecular weight is 455 g/mol. The zero-order chi connectivity index (χ0) is 20.9. The second kappa shape index (κ2) is 9.39. The molecule has 0 spiro atoms. The van der Waals surface area contributed by atoms with Gasteiger partial charge in [-0.2, -0.15) is 0 Å². The van der Waals surface area contributed by atoms with E-state index < -0.39 is 0 Å². The molecule has 1 aliphatic rings. The fraction of sp³-hybridized carbons (Fsp3) is 0.0435.